The second kappa shape index (κ2) is 6.21. The number of carbonyl (C=O) groups is 1. The van der Waals surface area contributed by atoms with Gasteiger partial charge in [0.1, 0.15) is 6.61 Å². The molecular formula is C10H17N3O2. The number of primary amides is 1. The van der Waals surface area contributed by atoms with E-state index in [-0.39, 0.29) is 6.61 Å². The lowest BCUT2D eigenvalue weighted by Crippen LogP contribution is -2.24. The summed E-state index contributed by atoms with van der Waals surface area (Å²) in [5, 5.41) is 0. The van der Waals surface area contributed by atoms with E-state index < -0.39 is 5.91 Å². The van der Waals surface area contributed by atoms with Crippen LogP contribution in [0.2, 0.25) is 0 Å². The van der Waals surface area contributed by atoms with Crippen LogP contribution < -0.4 is 11.2 Å². The molecule has 0 unspecified atom stereocenters. The summed E-state index contributed by atoms with van der Waals surface area (Å²) in [5.41, 5.74) is 8.70. The molecule has 5 heteroatoms. The number of hydrogen-bond donors (Lipinski definition) is 2. The molecule has 0 aliphatic heterocycles. The third-order valence-electron chi connectivity index (χ3n) is 1.89. The van der Waals surface area contributed by atoms with Crippen LogP contribution in [0.4, 0.5) is 0 Å². The monoisotopic (exact) mass is 211 g/mol. The minimum absolute atomic E-state index is 0.102. The van der Waals surface area contributed by atoms with Crippen LogP contribution in [0.15, 0.2) is 18.5 Å². The van der Waals surface area contributed by atoms with Crippen LogP contribution >= 0.6 is 0 Å². The Morgan fingerprint density at radius 1 is 1.67 bits per heavy atom. The molecule has 0 spiro atoms. The molecule has 5 nitrogen and oxygen atoms in total. The standard InChI is InChI=1S/C10H17N3O2/c1-2-4-13-5-3-9(7-13)6-12-15-8-10(11)14/h3,5,7,12H,2,4,6,8H2,1H3,(H2,11,14). The molecule has 0 bridgehead atoms. The van der Waals surface area contributed by atoms with Crippen LogP contribution in [0.1, 0.15) is 18.9 Å². The van der Waals surface area contributed by atoms with Crippen molar-refractivity contribution >= 4 is 5.91 Å². The second-order valence-corrected chi connectivity index (χ2v) is 3.33. The molecule has 15 heavy (non-hydrogen) atoms. The fourth-order valence-electron chi connectivity index (χ4n) is 1.25. The summed E-state index contributed by atoms with van der Waals surface area (Å²) in [6.45, 7) is 3.62. The highest BCUT2D eigenvalue weighted by Crippen LogP contribution is 2.01. The molecule has 0 saturated heterocycles. The number of rotatable bonds is 7. The van der Waals surface area contributed by atoms with Crippen molar-refractivity contribution in [2.75, 3.05) is 6.61 Å². The molecular weight excluding hydrogens is 194 g/mol. The van der Waals surface area contributed by atoms with E-state index in [1.807, 2.05) is 18.5 Å². The minimum atomic E-state index is -0.481. The summed E-state index contributed by atoms with van der Waals surface area (Å²) in [6.07, 6.45) is 5.18. The van der Waals surface area contributed by atoms with E-state index in [2.05, 4.69) is 17.0 Å². The van der Waals surface area contributed by atoms with Gasteiger partial charge in [-0.3, -0.25) is 9.63 Å². The Kier molecular flexibility index (Phi) is 4.86. The van der Waals surface area contributed by atoms with Crippen LogP contribution in [0, 0.1) is 0 Å². The van der Waals surface area contributed by atoms with E-state index in [4.69, 9.17) is 10.6 Å². The topological polar surface area (TPSA) is 69.3 Å². The maximum absolute atomic E-state index is 10.4. The van der Waals surface area contributed by atoms with Crippen molar-refractivity contribution < 1.29 is 9.63 Å². The second-order valence-electron chi connectivity index (χ2n) is 3.33. The zero-order valence-electron chi connectivity index (χ0n) is 8.90. The minimum Gasteiger partial charge on any atom is -0.368 e. The number of hydroxylamine groups is 1. The molecule has 0 aromatic carbocycles. The Hall–Kier alpha value is -1.33. The summed E-state index contributed by atoms with van der Waals surface area (Å²) < 4.78 is 2.12. The number of aryl methyl sites for hydroxylation is 1. The normalized spacial score (nSPS) is 10.5. The van der Waals surface area contributed by atoms with Gasteiger partial charge in [-0.15, -0.1) is 0 Å². The van der Waals surface area contributed by atoms with Crippen LogP contribution in [0.25, 0.3) is 0 Å². The average Bonchev–Trinajstić information content (AvgIpc) is 2.61. The van der Waals surface area contributed by atoms with Crippen LogP contribution in [0.5, 0.6) is 0 Å². The molecule has 84 valence electrons. The number of amides is 1. The molecule has 0 radical (unpaired) electrons. The van der Waals surface area contributed by atoms with E-state index in [1.54, 1.807) is 0 Å². The predicted octanol–water partition coefficient (Wildman–Crippen LogP) is 0.405. The number of nitrogens with one attached hydrogen (secondary N) is 1. The van der Waals surface area contributed by atoms with Gasteiger partial charge in [0.2, 0.25) is 5.91 Å². The lowest BCUT2D eigenvalue weighted by molar-refractivity contribution is -0.125. The highest BCUT2D eigenvalue weighted by atomic mass is 16.6. The predicted molar refractivity (Wildman–Crippen MR) is 56.7 cm³/mol. The Morgan fingerprint density at radius 3 is 3.13 bits per heavy atom. The fraction of sp³-hybridized carbons (Fsp3) is 0.500. The molecule has 0 fully saturated rings. The first-order valence-electron chi connectivity index (χ1n) is 5.00. The highest BCUT2D eigenvalue weighted by Gasteiger charge is 1.97. The molecule has 3 N–H and O–H groups in total. The molecule has 1 rings (SSSR count). The van der Waals surface area contributed by atoms with E-state index in [0.717, 1.165) is 18.5 Å². The molecule has 1 aromatic heterocycles. The van der Waals surface area contributed by atoms with Gasteiger partial charge in [-0.05, 0) is 18.1 Å². The van der Waals surface area contributed by atoms with Gasteiger partial charge in [0.25, 0.3) is 0 Å². The van der Waals surface area contributed by atoms with Crippen molar-refractivity contribution in [3.05, 3.63) is 24.0 Å². The van der Waals surface area contributed by atoms with Crippen LogP contribution in [-0.2, 0) is 22.7 Å². The van der Waals surface area contributed by atoms with Gasteiger partial charge in [-0.1, -0.05) is 6.92 Å². The maximum Gasteiger partial charge on any atom is 0.245 e. The molecule has 1 amide bonds. The van der Waals surface area contributed by atoms with Crippen molar-refractivity contribution in [1.29, 1.82) is 0 Å². The van der Waals surface area contributed by atoms with Gasteiger partial charge in [0.15, 0.2) is 0 Å². The van der Waals surface area contributed by atoms with Crippen molar-refractivity contribution in [3.63, 3.8) is 0 Å². The van der Waals surface area contributed by atoms with Crippen molar-refractivity contribution in [2.24, 2.45) is 5.73 Å². The summed E-state index contributed by atoms with van der Waals surface area (Å²) in [4.78, 5) is 15.2. The maximum atomic E-state index is 10.4. The van der Waals surface area contributed by atoms with Gasteiger partial charge in [-0.25, -0.2) is 0 Å². The molecule has 1 aromatic rings. The Balaban J connectivity index is 2.22. The van der Waals surface area contributed by atoms with Gasteiger partial charge < -0.3 is 10.3 Å². The molecule has 1 heterocycles. The zero-order valence-corrected chi connectivity index (χ0v) is 8.90. The van der Waals surface area contributed by atoms with Gasteiger partial charge in [-0.2, -0.15) is 5.48 Å². The van der Waals surface area contributed by atoms with Crippen LogP contribution in [-0.4, -0.2) is 17.1 Å². The highest BCUT2D eigenvalue weighted by molar-refractivity contribution is 5.74. The van der Waals surface area contributed by atoms with E-state index in [9.17, 15) is 4.79 Å². The van der Waals surface area contributed by atoms with Crippen molar-refractivity contribution in [2.45, 2.75) is 26.4 Å². The smallest absolute Gasteiger partial charge is 0.245 e. The fourth-order valence-corrected chi connectivity index (χ4v) is 1.25. The zero-order chi connectivity index (χ0) is 11.1. The lowest BCUT2D eigenvalue weighted by Gasteiger charge is -2.02. The Bertz CT molecular complexity index is 309. The Morgan fingerprint density at radius 2 is 2.47 bits per heavy atom. The third-order valence-corrected chi connectivity index (χ3v) is 1.89. The lowest BCUT2D eigenvalue weighted by atomic mass is 10.3. The van der Waals surface area contributed by atoms with E-state index in [1.165, 1.54) is 0 Å². The SMILES string of the molecule is CCCn1ccc(CNOCC(N)=O)c1. The first kappa shape index (κ1) is 11.7. The number of nitrogens with zero attached hydrogens (tertiary/aromatic N) is 1. The van der Waals surface area contributed by atoms with Crippen molar-refractivity contribution in [1.82, 2.24) is 10.0 Å². The summed E-state index contributed by atoms with van der Waals surface area (Å²) in [6, 6.07) is 2.01. The number of nitrogens with two attached hydrogens (primary N) is 1. The van der Waals surface area contributed by atoms with Gasteiger partial charge in [0, 0.05) is 25.5 Å². The Labute approximate surface area is 89.2 Å². The average molecular weight is 211 g/mol. The van der Waals surface area contributed by atoms with Crippen LogP contribution in [0.3, 0.4) is 0 Å². The largest absolute Gasteiger partial charge is 0.368 e. The number of hydrogen-bond acceptors (Lipinski definition) is 3. The van der Waals surface area contributed by atoms with Gasteiger partial charge in [0.05, 0.1) is 0 Å². The first-order chi connectivity index (χ1) is 7.22. The number of carbonyl (C=O) groups excluding carboxylic acids is 1. The summed E-state index contributed by atoms with van der Waals surface area (Å²) in [5.74, 6) is -0.481. The first-order valence-corrected chi connectivity index (χ1v) is 5.00. The van der Waals surface area contributed by atoms with E-state index in [0.29, 0.717) is 6.54 Å². The van der Waals surface area contributed by atoms with Crippen molar-refractivity contribution in [3.8, 4) is 0 Å². The third kappa shape index (κ3) is 4.62. The molecule has 0 saturated carbocycles. The number of aromatic nitrogens is 1. The summed E-state index contributed by atoms with van der Waals surface area (Å²) in [7, 11) is 0. The molecule has 0 aliphatic rings. The molecule has 0 aliphatic carbocycles. The van der Waals surface area contributed by atoms with E-state index >= 15 is 0 Å². The molecule has 0 atom stereocenters. The quantitative estimate of drug-likeness (QED) is 0.507. The van der Waals surface area contributed by atoms with Gasteiger partial charge >= 0.3 is 0 Å². The summed E-state index contributed by atoms with van der Waals surface area (Å²) >= 11 is 0.